The number of aromatic nitrogens is 1. The van der Waals surface area contributed by atoms with Crippen LogP contribution in [0, 0.1) is 5.41 Å². The topological polar surface area (TPSA) is 42.1 Å². The van der Waals surface area contributed by atoms with Gasteiger partial charge in [-0.15, -0.1) is 12.4 Å². The number of rotatable bonds is 1. The summed E-state index contributed by atoms with van der Waals surface area (Å²) in [4.78, 5) is 5.31. The zero-order valence-electron chi connectivity index (χ0n) is 11.6. The first-order valence-electron chi connectivity index (χ1n) is 6.92. The molecule has 2 heterocycles. The van der Waals surface area contributed by atoms with Crippen molar-refractivity contribution in [3.63, 3.8) is 0 Å². The highest BCUT2D eigenvalue weighted by Gasteiger charge is 2.47. The molecule has 0 amide bonds. The largest absolute Gasteiger partial charge is 0.435 e. The van der Waals surface area contributed by atoms with E-state index in [9.17, 15) is 13.2 Å². The molecule has 3 nitrogen and oxygen atoms in total. The van der Waals surface area contributed by atoms with Gasteiger partial charge in [0, 0.05) is 30.7 Å². The van der Waals surface area contributed by atoms with Crippen molar-refractivity contribution in [2.45, 2.75) is 37.9 Å². The van der Waals surface area contributed by atoms with Gasteiger partial charge >= 0.3 is 6.18 Å². The number of alkyl halides is 3. The van der Waals surface area contributed by atoms with E-state index in [4.69, 9.17) is 5.73 Å². The molecule has 1 saturated carbocycles. The average Bonchev–Trinajstić information content (AvgIpc) is 2.36. The predicted molar refractivity (Wildman–Crippen MR) is 77.6 cm³/mol. The van der Waals surface area contributed by atoms with Gasteiger partial charge in [-0.3, -0.25) is 0 Å². The van der Waals surface area contributed by atoms with Gasteiger partial charge in [-0.1, -0.05) is 0 Å². The summed E-state index contributed by atoms with van der Waals surface area (Å²) in [5, 5.41) is 0. The lowest BCUT2D eigenvalue weighted by Gasteiger charge is -2.54. The summed E-state index contributed by atoms with van der Waals surface area (Å²) in [7, 11) is 0. The van der Waals surface area contributed by atoms with Crippen LogP contribution >= 0.6 is 12.4 Å². The molecule has 1 aromatic heterocycles. The highest BCUT2D eigenvalue weighted by Crippen LogP contribution is 2.47. The first kappa shape index (κ1) is 16.4. The van der Waals surface area contributed by atoms with Crippen LogP contribution in [0.3, 0.4) is 0 Å². The van der Waals surface area contributed by atoms with Crippen LogP contribution in [0.4, 0.5) is 18.9 Å². The second kappa shape index (κ2) is 5.65. The maximum Gasteiger partial charge on any atom is 0.435 e. The minimum Gasteiger partial charge on any atom is -0.369 e. The highest BCUT2D eigenvalue weighted by molar-refractivity contribution is 5.85. The second-order valence-corrected chi connectivity index (χ2v) is 6.06. The maximum absolute atomic E-state index is 12.9. The molecule has 2 fully saturated rings. The number of anilines is 1. The van der Waals surface area contributed by atoms with Crippen LogP contribution in [0.25, 0.3) is 0 Å². The van der Waals surface area contributed by atoms with Crippen LogP contribution in [0.15, 0.2) is 18.3 Å². The SMILES string of the molecule is Cl.NC1CCC2(CC1)CN(c1cccnc1C(F)(F)F)C2. The normalized spacial score (nSPS) is 21.8. The summed E-state index contributed by atoms with van der Waals surface area (Å²) in [6.07, 6.45) is 0.800. The van der Waals surface area contributed by atoms with Crippen LogP contribution in [-0.2, 0) is 6.18 Å². The second-order valence-electron chi connectivity index (χ2n) is 6.06. The number of hydrogen-bond donors (Lipinski definition) is 1. The van der Waals surface area contributed by atoms with Crippen molar-refractivity contribution in [3.8, 4) is 0 Å². The number of hydrogen-bond acceptors (Lipinski definition) is 3. The zero-order valence-corrected chi connectivity index (χ0v) is 12.4. The van der Waals surface area contributed by atoms with Crippen molar-refractivity contribution >= 4 is 18.1 Å². The van der Waals surface area contributed by atoms with E-state index in [1.165, 1.54) is 12.3 Å². The molecule has 0 bridgehead atoms. The third kappa shape index (κ3) is 3.11. The van der Waals surface area contributed by atoms with Gasteiger partial charge in [0.15, 0.2) is 5.69 Å². The van der Waals surface area contributed by atoms with Gasteiger partial charge in [0.25, 0.3) is 0 Å². The Hall–Kier alpha value is -1.01. The Bertz CT molecular complexity index is 490. The first-order chi connectivity index (χ1) is 9.40. The lowest BCUT2D eigenvalue weighted by molar-refractivity contribution is -0.140. The fraction of sp³-hybridized carbons (Fsp3) is 0.643. The Morgan fingerprint density at radius 2 is 1.86 bits per heavy atom. The number of pyridine rings is 1. The van der Waals surface area contributed by atoms with E-state index in [0.717, 1.165) is 25.7 Å². The monoisotopic (exact) mass is 321 g/mol. The number of nitrogens with two attached hydrogens (primary N) is 1. The third-order valence-corrected chi connectivity index (χ3v) is 4.54. The molecule has 1 saturated heterocycles. The van der Waals surface area contributed by atoms with Crippen LogP contribution in [0.1, 0.15) is 31.4 Å². The lowest BCUT2D eigenvalue weighted by Crippen LogP contribution is -2.59. The predicted octanol–water partition coefficient (Wildman–Crippen LogP) is 3.23. The Balaban J connectivity index is 0.00000161. The molecule has 0 radical (unpaired) electrons. The van der Waals surface area contributed by atoms with Crippen molar-refractivity contribution < 1.29 is 13.2 Å². The fourth-order valence-electron chi connectivity index (χ4n) is 3.37. The highest BCUT2D eigenvalue weighted by atomic mass is 35.5. The molecule has 1 aliphatic carbocycles. The van der Waals surface area contributed by atoms with E-state index in [0.29, 0.717) is 13.1 Å². The lowest BCUT2D eigenvalue weighted by atomic mass is 9.67. The van der Waals surface area contributed by atoms with Gasteiger partial charge in [-0.2, -0.15) is 13.2 Å². The quantitative estimate of drug-likeness (QED) is 0.863. The molecule has 2 aliphatic rings. The van der Waals surface area contributed by atoms with Crippen molar-refractivity contribution in [2.24, 2.45) is 11.1 Å². The number of nitrogens with zero attached hydrogens (tertiary/aromatic N) is 2. The summed E-state index contributed by atoms with van der Waals surface area (Å²) in [5.41, 5.74) is 5.50. The molecular formula is C14H19ClF3N3. The van der Waals surface area contributed by atoms with E-state index in [2.05, 4.69) is 4.98 Å². The Morgan fingerprint density at radius 1 is 1.24 bits per heavy atom. The van der Waals surface area contributed by atoms with Gasteiger partial charge in [-0.05, 0) is 37.8 Å². The Kier molecular flexibility index (Phi) is 4.40. The minimum atomic E-state index is -4.39. The Labute approximate surface area is 128 Å². The van der Waals surface area contributed by atoms with Gasteiger partial charge in [0.1, 0.15) is 0 Å². The third-order valence-electron chi connectivity index (χ3n) is 4.54. The number of halogens is 4. The van der Waals surface area contributed by atoms with Crippen molar-refractivity contribution in [1.29, 1.82) is 0 Å². The molecule has 0 aromatic carbocycles. The van der Waals surface area contributed by atoms with Crippen molar-refractivity contribution in [1.82, 2.24) is 4.98 Å². The molecule has 118 valence electrons. The standard InChI is InChI=1S/C14H18F3N3.ClH/c15-14(16,17)12-11(2-1-7-19-12)20-8-13(9-20)5-3-10(18)4-6-13;/h1-2,7,10H,3-6,8-9,18H2;1H. The molecule has 21 heavy (non-hydrogen) atoms. The molecule has 3 rings (SSSR count). The molecule has 7 heteroatoms. The Morgan fingerprint density at radius 3 is 2.43 bits per heavy atom. The van der Waals surface area contributed by atoms with E-state index < -0.39 is 11.9 Å². The first-order valence-corrected chi connectivity index (χ1v) is 6.92. The van der Waals surface area contributed by atoms with E-state index in [1.54, 1.807) is 11.0 Å². The van der Waals surface area contributed by atoms with Gasteiger partial charge in [0.2, 0.25) is 0 Å². The molecule has 2 N–H and O–H groups in total. The fourth-order valence-corrected chi connectivity index (χ4v) is 3.37. The zero-order chi connectivity index (χ0) is 14.4. The minimum absolute atomic E-state index is 0. The summed E-state index contributed by atoms with van der Waals surface area (Å²) in [5.74, 6) is 0. The summed E-state index contributed by atoms with van der Waals surface area (Å²) < 4.78 is 38.8. The van der Waals surface area contributed by atoms with Crippen molar-refractivity contribution in [3.05, 3.63) is 24.0 Å². The molecule has 1 aliphatic heterocycles. The molecule has 0 unspecified atom stereocenters. The molecule has 1 aromatic rings. The van der Waals surface area contributed by atoms with E-state index >= 15 is 0 Å². The molecule has 1 spiro atoms. The van der Waals surface area contributed by atoms with E-state index in [1.807, 2.05) is 0 Å². The van der Waals surface area contributed by atoms with E-state index in [-0.39, 0.29) is 29.6 Å². The summed E-state index contributed by atoms with van der Waals surface area (Å²) in [6.45, 7) is 1.38. The maximum atomic E-state index is 12.9. The average molecular weight is 322 g/mol. The van der Waals surface area contributed by atoms with Crippen LogP contribution in [0.2, 0.25) is 0 Å². The van der Waals surface area contributed by atoms with Gasteiger partial charge in [0.05, 0.1) is 5.69 Å². The molecule has 0 atom stereocenters. The van der Waals surface area contributed by atoms with Crippen molar-refractivity contribution in [2.75, 3.05) is 18.0 Å². The van der Waals surface area contributed by atoms with Crippen LogP contribution < -0.4 is 10.6 Å². The molecular weight excluding hydrogens is 303 g/mol. The van der Waals surface area contributed by atoms with Crippen LogP contribution in [0.5, 0.6) is 0 Å². The summed E-state index contributed by atoms with van der Waals surface area (Å²) in [6, 6.07) is 3.34. The van der Waals surface area contributed by atoms with Crippen LogP contribution in [-0.4, -0.2) is 24.1 Å². The van der Waals surface area contributed by atoms with Gasteiger partial charge in [-0.25, -0.2) is 4.98 Å². The summed E-state index contributed by atoms with van der Waals surface area (Å²) >= 11 is 0. The van der Waals surface area contributed by atoms with Gasteiger partial charge < -0.3 is 10.6 Å². The smallest absolute Gasteiger partial charge is 0.369 e.